The summed E-state index contributed by atoms with van der Waals surface area (Å²) in [6.07, 6.45) is 3.51. The maximum absolute atomic E-state index is 5.65. The topological polar surface area (TPSA) is 35.4 Å². The third-order valence-corrected chi connectivity index (χ3v) is 7.28. The molecule has 1 N–H and O–H groups in total. The number of fused-ring (bicyclic) bond motifs is 3. The lowest BCUT2D eigenvalue weighted by atomic mass is 10.0. The summed E-state index contributed by atoms with van der Waals surface area (Å²) >= 11 is 0. The number of rotatable bonds is 6. The monoisotopic (exact) mass is 508 g/mol. The highest BCUT2D eigenvalue weighted by atomic mass is 16.7. The fraction of sp³-hybridized carbons (Fsp3) is 0.143. The highest BCUT2D eigenvalue weighted by molar-refractivity contribution is 5.97. The lowest BCUT2D eigenvalue weighted by Gasteiger charge is -2.12. The third-order valence-electron chi connectivity index (χ3n) is 7.28. The van der Waals surface area contributed by atoms with Crippen LogP contribution in [0.4, 0.5) is 5.69 Å². The Morgan fingerprint density at radius 2 is 1.54 bits per heavy atom. The largest absolute Gasteiger partial charge is 0.358 e. The molecule has 0 atom stereocenters. The van der Waals surface area contributed by atoms with E-state index in [1.807, 2.05) is 18.2 Å². The molecule has 2 heterocycles. The van der Waals surface area contributed by atoms with Gasteiger partial charge in [-0.25, -0.2) is 0 Å². The summed E-state index contributed by atoms with van der Waals surface area (Å²) in [7, 11) is 0. The maximum Gasteiger partial charge on any atom is 0.161 e. The first kappa shape index (κ1) is 23.5. The smallest absolute Gasteiger partial charge is 0.161 e. The zero-order valence-electron chi connectivity index (χ0n) is 21.6. The van der Waals surface area contributed by atoms with Gasteiger partial charge in [0.25, 0.3) is 0 Å². The van der Waals surface area contributed by atoms with Crippen molar-refractivity contribution in [2.75, 3.05) is 18.5 Å². The van der Waals surface area contributed by atoms with Crippen LogP contribution in [0.2, 0.25) is 0 Å². The summed E-state index contributed by atoms with van der Waals surface area (Å²) < 4.78 is 13.6. The van der Waals surface area contributed by atoms with Gasteiger partial charge in [-0.05, 0) is 65.1 Å². The van der Waals surface area contributed by atoms with Crippen LogP contribution in [0.5, 0.6) is 0 Å². The molecule has 0 bridgehead atoms. The Labute approximate surface area is 228 Å². The minimum atomic E-state index is -0.150. The Hall–Kier alpha value is -4.56. The molecule has 190 valence electrons. The van der Waals surface area contributed by atoms with E-state index < -0.39 is 0 Å². The first-order chi connectivity index (χ1) is 19.3. The molecule has 1 aliphatic heterocycles. The van der Waals surface area contributed by atoms with Crippen molar-refractivity contribution in [1.29, 1.82) is 0 Å². The van der Waals surface area contributed by atoms with Crippen LogP contribution in [0, 0.1) is 11.8 Å². The van der Waals surface area contributed by atoms with E-state index in [9.17, 15) is 0 Å². The molecule has 2 aliphatic rings. The van der Waals surface area contributed by atoms with Crippen LogP contribution < -0.4 is 5.32 Å². The van der Waals surface area contributed by atoms with E-state index in [1.165, 1.54) is 22.1 Å². The zero-order valence-corrected chi connectivity index (χ0v) is 21.6. The summed E-state index contributed by atoms with van der Waals surface area (Å²) in [5, 5.41) is 4.78. The number of para-hydroxylation sites is 1. The van der Waals surface area contributed by atoms with Crippen LogP contribution in [0.25, 0.3) is 33.8 Å². The Morgan fingerprint density at radius 1 is 0.795 bits per heavy atom. The first-order valence-corrected chi connectivity index (χ1v) is 13.4. The molecule has 4 aromatic carbocycles. The molecular weight excluding hydrogens is 480 g/mol. The van der Waals surface area contributed by atoms with Gasteiger partial charge >= 0.3 is 0 Å². The van der Waals surface area contributed by atoms with Gasteiger partial charge in [-0.3, -0.25) is 0 Å². The summed E-state index contributed by atoms with van der Waals surface area (Å²) in [4.78, 5) is 0. The quantitative estimate of drug-likeness (QED) is 0.242. The number of hydrogen-bond donors (Lipinski definition) is 1. The minimum Gasteiger partial charge on any atom is -0.358 e. The third kappa shape index (κ3) is 4.75. The van der Waals surface area contributed by atoms with E-state index in [2.05, 4.69) is 113 Å². The number of ether oxygens (including phenoxy) is 2. The Balaban J connectivity index is 1.35. The average Bonchev–Trinajstić information content (AvgIpc) is 3.54. The van der Waals surface area contributed by atoms with Crippen molar-refractivity contribution in [2.24, 2.45) is 0 Å². The number of benzene rings is 4. The summed E-state index contributed by atoms with van der Waals surface area (Å²) in [5.41, 5.74) is 10.1. The molecule has 1 aromatic heterocycles. The fourth-order valence-corrected chi connectivity index (χ4v) is 5.40. The van der Waals surface area contributed by atoms with Crippen LogP contribution >= 0.6 is 0 Å². The second-order valence-corrected chi connectivity index (χ2v) is 9.88. The molecule has 4 nitrogen and oxygen atoms in total. The van der Waals surface area contributed by atoms with Gasteiger partial charge in [0.1, 0.15) is 5.69 Å². The van der Waals surface area contributed by atoms with Crippen LogP contribution in [-0.2, 0) is 15.9 Å². The highest BCUT2D eigenvalue weighted by Crippen LogP contribution is 2.35. The highest BCUT2D eigenvalue weighted by Gasteiger charge is 2.20. The summed E-state index contributed by atoms with van der Waals surface area (Å²) in [6.45, 7) is 1.34. The standard InChI is InChI=1S/C35H28N2O2/c1-3-8-26(9-4-1)27-16-19-34-31(23-27)32-24-29(36-28-10-5-2-6-11-28)12-7-13-33(32)37(34)30-17-14-25(15-18-30)22-35-38-20-21-39-35/h1-6,8-11,14-19,23-24,35-36H,12,20-22H2. The van der Waals surface area contributed by atoms with Crippen molar-refractivity contribution in [2.45, 2.75) is 19.1 Å². The number of nitrogens with zero attached hydrogens (tertiary/aromatic N) is 1. The van der Waals surface area contributed by atoms with Crippen molar-refractivity contribution >= 4 is 22.7 Å². The predicted octanol–water partition coefficient (Wildman–Crippen LogP) is 7.42. The minimum absolute atomic E-state index is 0.150. The van der Waals surface area contributed by atoms with Crippen LogP contribution in [0.1, 0.15) is 23.2 Å². The van der Waals surface area contributed by atoms with Gasteiger partial charge in [0.2, 0.25) is 0 Å². The number of aromatic nitrogens is 1. The fourth-order valence-electron chi connectivity index (χ4n) is 5.40. The van der Waals surface area contributed by atoms with E-state index in [-0.39, 0.29) is 6.29 Å². The van der Waals surface area contributed by atoms with Crippen molar-refractivity contribution in [1.82, 2.24) is 4.57 Å². The predicted molar refractivity (Wildman–Crippen MR) is 158 cm³/mol. The number of hydrogen-bond acceptors (Lipinski definition) is 3. The van der Waals surface area contributed by atoms with Gasteiger partial charge in [0, 0.05) is 40.9 Å². The lowest BCUT2D eigenvalue weighted by Crippen LogP contribution is -2.11. The van der Waals surface area contributed by atoms with E-state index >= 15 is 0 Å². The molecule has 0 amide bonds. The molecule has 0 radical (unpaired) electrons. The van der Waals surface area contributed by atoms with Crippen molar-refractivity contribution in [3.05, 3.63) is 126 Å². The molecule has 0 unspecified atom stereocenters. The molecule has 0 saturated carbocycles. The Bertz CT molecular complexity index is 1720. The van der Waals surface area contributed by atoms with Crippen molar-refractivity contribution < 1.29 is 9.47 Å². The summed E-state index contributed by atoms with van der Waals surface area (Å²) in [5.74, 6) is 6.93. The molecule has 1 aliphatic carbocycles. The van der Waals surface area contributed by atoms with Crippen LogP contribution in [0.3, 0.4) is 0 Å². The molecule has 5 aromatic rings. The normalized spacial score (nSPS) is 14.8. The molecule has 4 heteroatoms. The summed E-state index contributed by atoms with van der Waals surface area (Å²) in [6, 6.07) is 36.2. The number of allylic oxidation sites excluding steroid dienone is 1. The Morgan fingerprint density at radius 3 is 2.31 bits per heavy atom. The van der Waals surface area contributed by atoms with Gasteiger partial charge < -0.3 is 19.4 Å². The SMILES string of the molecule is C1#Cc2c(c3cc(-c4ccccc4)ccc3n2-c2ccc(CC3OCCO3)cc2)C=C(Nc2ccccc2)C1. The second kappa shape index (κ2) is 10.3. The van der Waals surface area contributed by atoms with Crippen LogP contribution in [-0.4, -0.2) is 24.1 Å². The van der Waals surface area contributed by atoms with E-state index in [0.717, 1.165) is 40.3 Å². The molecule has 39 heavy (non-hydrogen) atoms. The number of nitrogens with one attached hydrogen (secondary N) is 1. The van der Waals surface area contributed by atoms with E-state index in [1.54, 1.807) is 0 Å². The van der Waals surface area contributed by atoms with Gasteiger partial charge in [-0.2, -0.15) is 0 Å². The zero-order chi connectivity index (χ0) is 26.0. The van der Waals surface area contributed by atoms with Gasteiger partial charge in [-0.15, -0.1) is 0 Å². The molecular formula is C35H28N2O2. The maximum atomic E-state index is 5.65. The lowest BCUT2D eigenvalue weighted by molar-refractivity contribution is -0.0399. The van der Waals surface area contributed by atoms with Gasteiger partial charge in [0.15, 0.2) is 6.29 Å². The van der Waals surface area contributed by atoms with E-state index in [4.69, 9.17) is 9.47 Å². The van der Waals surface area contributed by atoms with Gasteiger partial charge in [0.05, 0.1) is 18.7 Å². The van der Waals surface area contributed by atoms with E-state index in [0.29, 0.717) is 19.6 Å². The molecule has 0 spiro atoms. The molecule has 1 saturated heterocycles. The van der Waals surface area contributed by atoms with Gasteiger partial charge in [-0.1, -0.05) is 72.7 Å². The van der Waals surface area contributed by atoms with Crippen molar-refractivity contribution in [3.8, 4) is 28.7 Å². The molecule has 7 rings (SSSR count). The number of anilines is 1. The Kier molecular flexibility index (Phi) is 6.22. The average molecular weight is 509 g/mol. The molecule has 1 fully saturated rings. The second-order valence-electron chi connectivity index (χ2n) is 9.88. The van der Waals surface area contributed by atoms with Crippen LogP contribution in [0.15, 0.2) is 109 Å². The van der Waals surface area contributed by atoms with Crippen molar-refractivity contribution in [3.63, 3.8) is 0 Å². The first-order valence-electron chi connectivity index (χ1n) is 13.4.